The van der Waals surface area contributed by atoms with Crippen molar-refractivity contribution in [1.82, 2.24) is 5.32 Å². The molecule has 1 aliphatic heterocycles. The van der Waals surface area contributed by atoms with Gasteiger partial charge < -0.3 is 19.7 Å². The fraction of sp³-hybridized carbons (Fsp3) is 0.529. The van der Waals surface area contributed by atoms with Crippen molar-refractivity contribution in [3.8, 4) is 5.75 Å². The van der Waals surface area contributed by atoms with Crippen LogP contribution in [0.1, 0.15) is 24.9 Å². The van der Waals surface area contributed by atoms with Gasteiger partial charge in [0.2, 0.25) is 0 Å². The Morgan fingerprint density at radius 3 is 2.71 bits per heavy atom. The molecule has 116 valence electrons. The monoisotopic (exact) mass is 290 g/mol. The summed E-state index contributed by atoms with van der Waals surface area (Å²) >= 11 is 0. The second-order valence-corrected chi connectivity index (χ2v) is 5.39. The largest absolute Gasteiger partial charge is 0.496 e. The molecule has 21 heavy (non-hydrogen) atoms. The molecule has 0 bridgehead atoms. The Morgan fingerprint density at radius 2 is 2.14 bits per heavy atom. The van der Waals surface area contributed by atoms with Gasteiger partial charge in [0.05, 0.1) is 13.7 Å². The minimum absolute atomic E-state index is 0.250. The molecule has 0 saturated carbocycles. The van der Waals surface area contributed by atoms with Crippen LogP contribution in [0.3, 0.4) is 0 Å². The van der Waals surface area contributed by atoms with Gasteiger partial charge in [0.15, 0.2) is 0 Å². The van der Waals surface area contributed by atoms with Crippen molar-refractivity contribution in [3.63, 3.8) is 0 Å². The zero-order valence-corrected chi connectivity index (χ0v) is 13.5. The molecule has 4 heteroatoms. The molecule has 2 rings (SSSR count). The first kappa shape index (κ1) is 15.9. The molecular weight excluding hydrogens is 264 g/mol. The van der Waals surface area contributed by atoms with E-state index in [9.17, 15) is 0 Å². The highest BCUT2D eigenvalue weighted by Gasteiger charge is 2.20. The third kappa shape index (κ3) is 3.57. The van der Waals surface area contributed by atoms with Gasteiger partial charge in [-0.25, -0.2) is 0 Å². The average Bonchev–Trinajstić information content (AvgIpc) is 2.54. The van der Waals surface area contributed by atoms with Crippen molar-refractivity contribution >= 4 is 5.69 Å². The van der Waals surface area contributed by atoms with Crippen LogP contribution in [-0.2, 0) is 4.74 Å². The number of hydrogen-bond donors (Lipinski definition) is 1. The lowest BCUT2D eigenvalue weighted by Gasteiger charge is -2.32. The van der Waals surface area contributed by atoms with E-state index in [4.69, 9.17) is 9.47 Å². The molecule has 1 aromatic rings. The van der Waals surface area contributed by atoms with Crippen LogP contribution in [0, 0.1) is 0 Å². The van der Waals surface area contributed by atoms with Gasteiger partial charge in [-0.3, -0.25) is 0 Å². The third-order valence-electron chi connectivity index (χ3n) is 4.10. The molecule has 0 aromatic heterocycles. The van der Waals surface area contributed by atoms with Crippen molar-refractivity contribution in [3.05, 3.63) is 35.4 Å². The van der Waals surface area contributed by atoms with E-state index in [1.54, 1.807) is 14.2 Å². The molecule has 0 fully saturated rings. The summed E-state index contributed by atoms with van der Waals surface area (Å²) in [5, 5.41) is 3.32. The van der Waals surface area contributed by atoms with Crippen molar-refractivity contribution in [2.24, 2.45) is 0 Å². The highest BCUT2D eigenvalue weighted by molar-refractivity contribution is 5.61. The van der Waals surface area contributed by atoms with Crippen LogP contribution in [0.25, 0.3) is 0 Å². The summed E-state index contributed by atoms with van der Waals surface area (Å²) in [7, 11) is 5.47. The maximum absolute atomic E-state index is 5.56. The van der Waals surface area contributed by atoms with E-state index in [0.29, 0.717) is 0 Å². The fourth-order valence-corrected chi connectivity index (χ4v) is 2.81. The molecule has 1 heterocycles. The molecule has 0 spiro atoms. The summed E-state index contributed by atoms with van der Waals surface area (Å²) in [6.45, 7) is 4.85. The Bertz CT molecular complexity index is 500. The Hall–Kier alpha value is -1.52. The molecular formula is C17H26N2O2. The molecule has 0 aliphatic carbocycles. The molecule has 0 radical (unpaired) electrons. The minimum Gasteiger partial charge on any atom is -0.496 e. The molecule has 1 unspecified atom stereocenters. The minimum atomic E-state index is 0.250. The van der Waals surface area contributed by atoms with E-state index in [-0.39, 0.29) is 6.04 Å². The molecule has 0 amide bonds. The van der Waals surface area contributed by atoms with Gasteiger partial charge in [0.1, 0.15) is 5.75 Å². The molecule has 1 aliphatic rings. The van der Waals surface area contributed by atoms with Gasteiger partial charge >= 0.3 is 0 Å². The van der Waals surface area contributed by atoms with E-state index in [0.717, 1.165) is 31.9 Å². The molecule has 1 N–H and O–H groups in total. The smallest absolute Gasteiger partial charge is 0.125 e. The second-order valence-electron chi connectivity index (χ2n) is 5.39. The first-order chi connectivity index (χ1) is 10.2. The van der Waals surface area contributed by atoms with Gasteiger partial charge in [0, 0.05) is 37.5 Å². The SMILES string of the molecule is CNC(C)c1c(OC)cccc1N1CC=C(COC)CC1. The van der Waals surface area contributed by atoms with E-state index in [2.05, 4.69) is 35.3 Å². The van der Waals surface area contributed by atoms with E-state index >= 15 is 0 Å². The van der Waals surface area contributed by atoms with Gasteiger partial charge in [0.25, 0.3) is 0 Å². The van der Waals surface area contributed by atoms with Crippen LogP contribution in [-0.4, -0.2) is 41.0 Å². The van der Waals surface area contributed by atoms with E-state index < -0.39 is 0 Å². The number of methoxy groups -OCH3 is 2. The Balaban J connectivity index is 2.28. The van der Waals surface area contributed by atoms with Crippen LogP contribution in [0.2, 0.25) is 0 Å². The molecule has 1 aromatic carbocycles. The summed E-state index contributed by atoms with van der Waals surface area (Å²) < 4.78 is 10.8. The predicted molar refractivity (Wildman–Crippen MR) is 87.3 cm³/mol. The normalized spacial score (nSPS) is 16.6. The van der Waals surface area contributed by atoms with Gasteiger partial charge in [-0.15, -0.1) is 0 Å². The van der Waals surface area contributed by atoms with E-state index in [1.807, 2.05) is 13.1 Å². The van der Waals surface area contributed by atoms with Crippen molar-refractivity contribution in [1.29, 1.82) is 0 Å². The fourth-order valence-electron chi connectivity index (χ4n) is 2.81. The lowest BCUT2D eigenvalue weighted by atomic mass is 10.0. The van der Waals surface area contributed by atoms with Crippen LogP contribution in [0.15, 0.2) is 29.8 Å². The lowest BCUT2D eigenvalue weighted by Crippen LogP contribution is -2.31. The first-order valence-corrected chi connectivity index (χ1v) is 7.47. The van der Waals surface area contributed by atoms with E-state index in [1.165, 1.54) is 16.8 Å². The zero-order valence-electron chi connectivity index (χ0n) is 13.5. The highest BCUT2D eigenvalue weighted by atomic mass is 16.5. The topological polar surface area (TPSA) is 33.7 Å². The predicted octanol–water partition coefficient (Wildman–Crippen LogP) is 2.76. The van der Waals surface area contributed by atoms with Crippen LogP contribution < -0.4 is 15.0 Å². The van der Waals surface area contributed by atoms with Gasteiger partial charge in [-0.05, 0) is 38.1 Å². The maximum Gasteiger partial charge on any atom is 0.125 e. The maximum atomic E-state index is 5.56. The zero-order chi connectivity index (χ0) is 15.2. The van der Waals surface area contributed by atoms with Crippen LogP contribution in [0.5, 0.6) is 5.75 Å². The Labute approximate surface area is 127 Å². The number of anilines is 1. The summed E-state index contributed by atoms with van der Waals surface area (Å²) in [4.78, 5) is 2.41. The number of nitrogens with zero attached hydrogens (tertiary/aromatic N) is 1. The van der Waals surface area contributed by atoms with Crippen LogP contribution >= 0.6 is 0 Å². The lowest BCUT2D eigenvalue weighted by molar-refractivity contribution is 0.222. The summed E-state index contributed by atoms with van der Waals surface area (Å²) in [5.74, 6) is 0.945. The first-order valence-electron chi connectivity index (χ1n) is 7.47. The van der Waals surface area contributed by atoms with Gasteiger partial charge in [-0.2, -0.15) is 0 Å². The quantitative estimate of drug-likeness (QED) is 0.817. The number of nitrogens with one attached hydrogen (secondary N) is 1. The molecule has 4 nitrogen and oxygen atoms in total. The molecule has 0 saturated heterocycles. The number of rotatable bonds is 6. The Kier molecular flexibility index (Phi) is 5.65. The standard InChI is InChI=1S/C17H26N2O2/c1-13(18-2)17-15(6-5-7-16(17)21-4)19-10-8-14(9-11-19)12-20-3/h5-8,13,18H,9-12H2,1-4H3. The molecule has 1 atom stereocenters. The number of benzene rings is 1. The highest BCUT2D eigenvalue weighted by Crippen LogP contribution is 2.35. The average molecular weight is 290 g/mol. The summed E-state index contributed by atoms with van der Waals surface area (Å²) in [6, 6.07) is 6.53. The summed E-state index contributed by atoms with van der Waals surface area (Å²) in [5.41, 5.74) is 3.87. The summed E-state index contributed by atoms with van der Waals surface area (Å²) in [6.07, 6.45) is 3.33. The van der Waals surface area contributed by atoms with Gasteiger partial charge in [-0.1, -0.05) is 12.1 Å². The third-order valence-corrected chi connectivity index (χ3v) is 4.10. The second kappa shape index (κ2) is 7.48. The van der Waals surface area contributed by atoms with Crippen molar-refractivity contribution in [2.45, 2.75) is 19.4 Å². The van der Waals surface area contributed by atoms with Crippen LogP contribution in [0.4, 0.5) is 5.69 Å². The van der Waals surface area contributed by atoms with Crippen molar-refractivity contribution < 1.29 is 9.47 Å². The number of hydrogen-bond acceptors (Lipinski definition) is 4. The number of ether oxygens (including phenoxy) is 2. The van der Waals surface area contributed by atoms with Crippen molar-refractivity contribution in [2.75, 3.05) is 45.9 Å². The Morgan fingerprint density at radius 1 is 1.33 bits per heavy atom.